The number of hydrogen-bond donors (Lipinski definition) is 1. The van der Waals surface area contributed by atoms with E-state index in [-0.39, 0.29) is 12.0 Å². The van der Waals surface area contributed by atoms with Crippen LogP contribution in [-0.4, -0.2) is 25.2 Å². The Hall–Kier alpha value is -1.08. The van der Waals surface area contributed by atoms with Gasteiger partial charge in [-0.25, -0.2) is 0 Å². The Morgan fingerprint density at radius 2 is 2.25 bits per heavy atom. The van der Waals surface area contributed by atoms with E-state index >= 15 is 0 Å². The molecule has 2 aliphatic rings. The molecule has 0 radical (unpaired) electrons. The number of hydrogen-bond acceptors (Lipinski definition) is 3. The van der Waals surface area contributed by atoms with Gasteiger partial charge in [-0.1, -0.05) is 0 Å². The van der Waals surface area contributed by atoms with E-state index in [4.69, 9.17) is 10.00 Å². The molecule has 1 amide bonds. The second-order valence-corrected chi connectivity index (χ2v) is 4.75. The van der Waals surface area contributed by atoms with Crippen LogP contribution in [0.1, 0.15) is 38.5 Å². The third-order valence-electron chi connectivity index (χ3n) is 3.62. The largest absolute Gasteiger partial charge is 0.376 e. The lowest BCUT2D eigenvalue weighted by atomic mass is 9.69. The maximum absolute atomic E-state index is 11.8. The van der Waals surface area contributed by atoms with Crippen LogP contribution < -0.4 is 5.32 Å². The average molecular weight is 222 g/mol. The monoisotopic (exact) mass is 222 g/mol. The minimum Gasteiger partial charge on any atom is -0.376 e. The lowest BCUT2D eigenvalue weighted by Gasteiger charge is -2.34. The molecule has 4 heteroatoms. The van der Waals surface area contributed by atoms with E-state index in [0.717, 1.165) is 25.9 Å². The zero-order valence-electron chi connectivity index (χ0n) is 9.50. The van der Waals surface area contributed by atoms with Crippen molar-refractivity contribution < 1.29 is 9.53 Å². The van der Waals surface area contributed by atoms with Crippen LogP contribution in [0.15, 0.2) is 0 Å². The first-order valence-electron chi connectivity index (χ1n) is 6.08. The highest BCUT2D eigenvalue weighted by Crippen LogP contribution is 2.40. The number of nitriles is 1. The van der Waals surface area contributed by atoms with E-state index < -0.39 is 5.41 Å². The standard InChI is InChI=1S/C12H18N2O2/c13-9-12(5-3-6-12)11(15)14-8-10-4-1-2-7-16-10/h10H,1-8H2,(H,14,15). The molecular weight excluding hydrogens is 204 g/mol. The molecule has 1 saturated heterocycles. The van der Waals surface area contributed by atoms with Crippen molar-refractivity contribution in [1.82, 2.24) is 5.32 Å². The van der Waals surface area contributed by atoms with Gasteiger partial charge in [-0.3, -0.25) is 4.79 Å². The highest BCUT2D eigenvalue weighted by Gasteiger charge is 2.44. The first-order valence-corrected chi connectivity index (χ1v) is 6.08. The van der Waals surface area contributed by atoms with Crippen molar-refractivity contribution in [2.24, 2.45) is 5.41 Å². The van der Waals surface area contributed by atoms with Gasteiger partial charge in [0, 0.05) is 13.2 Å². The van der Waals surface area contributed by atoms with E-state index in [9.17, 15) is 4.79 Å². The minimum atomic E-state index is -0.728. The van der Waals surface area contributed by atoms with Gasteiger partial charge in [0.05, 0.1) is 12.2 Å². The van der Waals surface area contributed by atoms with Crippen molar-refractivity contribution in [2.75, 3.05) is 13.2 Å². The number of carbonyl (C=O) groups is 1. The van der Waals surface area contributed by atoms with Crippen LogP contribution in [0.4, 0.5) is 0 Å². The van der Waals surface area contributed by atoms with Crippen LogP contribution in [0.5, 0.6) is 0 Å². The van der Waals surface area contributed by atoms with Gasteiger partial charge in [0.15, 0.2) is 0 Å². The third kappa shape index (κ3) is 2.19. The molecule has 0 spiro atoms. The van der Waals surface area contributed by atoms with E-state index in [1.165, 1.54) is 6.42 Å². The van der Waals surface area contributed by atoms with Gasteiger partial charge in [-0.2, -0.15) is 5.26 Å². The van der Waals surface area contributed by atoms with Gasteiger partial charge < -0.3 is 10.1 Å². The summed E-state index contributed by atoms with van der Waals surface area (Å²) in [6.07, 6.45) is 5.85. The van der Waals surface area contributed by atoms with Gasteiger partial charge in [0.25, 0.3) is 0 Å². The first-order chi connectivity index (χ1) is 7.77. The van der Waals surface area contributed by atoms with Crippen LogP contribution in [0.2, 0.25) is 0 Å². The Balaban J connectivity index is 1.77. The predicted molar refractivity (Wildman–Crippen MR) is 58.5 cm³/mol. The maximum atomic E-state index is 11.8. The van der Waals surface area contributed by atoms with Crippen LogP contribution in [0.3, 0.4) is 0 Å². The van der Waals surface area contributed by atoms with Crippen LogP contribution in [0, 0.1) is 16.7 Å². The van der Waals surface area contributed by atoms with Gasteiger partial charge in [0.2, 0.25) is 5.91 Å². The second-order valence-electron chi connectivity index (χ2n) is 4.75. The fourth-order valence-electron chi connectivity index (χ4n) is 2.26. The number of carbonyl (C=O) groups excluding carboxylic acids is 1. The Morgan fingerprint density at radius 1 is 1.44 bits per heavy atom. The van der Waals surface area contributed by atoms with Crippen molar-refractivity contribution in [3.63, 3.8) is 0 Å². The van der Waals surface area contributed by atoms with Crippen molar-refractivity contribution in [1.29, 1.82) is 5.26 Å². The molecule has 1 aliphatic heterocycles. The Labute approximate surface area is 96.0 Å². The molecule has 0 bridgehead atoms. The minimum absolute atomic E-state index is 0.101. The number of nitrogens with zero attached hydrogens (tertiary/aromatic N) is 1. The van der Waals surface area contributed by atoms with E-state index in [1.54, 1.807) is 0 Å². The normalized spacial score (nSPS) is 27.6. The molecule has 88 valence electrons. The molecular formula is C12H18N2O2. The summed E-state index contributed by atoms with van der Waals surface area (Å²) in [5.41, 5.74) is -0.728. The zero-order valence-corrected chi connectivity index (χ0v) is 9.50. The fourth-order valence-corrected chi connectivity index (χ4v) is 2.26. The summed E-state index contributed by atoms with van der Waals surface area (Å²) in [7, 11) is 0. The molecule has 2 fully saturated rings. The van der Waals surface area contributed by atoms with Crippen molar-refractivity contribution >= 4 is 5.91 Å². The predicted octanol–water partition coefficient (Wildman–Crippen LogP) is 1.37. The molecule has 1 saturated carbocycles. The highest BCUT2D eigenvalue weighted by molar-refractivity contribution is 5.86. The Morgan fingerprint density at radius 3 is 2.75 bits per heavy atom. The Bertz CT molecular complexity index is 299. The molecule has 0 aromatic heterocycles. The molecule has 0 aromatic carbocycles. The Kier molecular flexibility index (Phi) is 3.45. The first kappa shape index (κ1) is 11.4. The van der Waals surface area contributed by atoms with Gasteiger partial charge in [-0.15, -0.1) is 0 Å². The molecule has 1 atom stereocenters. The molecule has 16 heavy (non-hydrogen) atoms. The molecule has 2 rings (SSSR count). The molecule has 1 N–H and O–H groups in total. The summed E-state index contributed by atoms with van der Waals surface area (Å²) in [4.78, 5) is 11.8. The summed E-state index contributed by atoms with van der Waals surface area (Å²) in [6.45, 7) is 1.35. The highest BCUT2D eigenvalue weighted by atomic mass is 16.5. The van der Waals surface area contributed by atoms with Gasteiger partial charge in [0.1, 0.15) is 5.41 Å². The summed E-state index contributed by atoms with van der Waals surface area (Å²) in [5, 5.41) is 11.9. The lowest BCUT2D eigenvalue weighted by Crippen LogP contribution is -2.47. The third-order valence-corrected chi connectivity index (χ3v) is 3.62. The van der Waals surface area contributed by atoms with Crippen LogP contribution >= 0.6 is 0 Å². The molecule has 1 aliphatic carbocycles. The van der Waals surface area contributed by atoms with Crippen molar-refractivity contribution in [2.45, 2.75) is 44.6 Å². The van der Waals surface area contributed by atoms with E-state index in [2.05, 4.69) is 11.4 Å². The fraction of sp³-hybridized carbons (Fsp3) is 0.833. The number of ether oxygens (including phenoxy) is 1. The summed E-state index contributed by atoms with van der Waals surface area (Å²) in [5.74, 6) is -0.101. The number of nitrogens with one attached hydrogen (secondary N) is 1. The quantitative estimate of drug-likeness (QED) is 0.784. The number of rotatable bonds is 3. The average Bonchev–Trinajstić information content (AvgIpc) is 2.27. The SMILES string of the molecule is N#CC1(C(=O)NCC2CCCCO2)CCC1. The van der Waals surface area contributed by atoms with E-state index in [1.807, 2.05) is 0 Å². The molecule has 0 aromatic rings. The topological polar surface area (TPSA) is 62.1 Å². The summed E-state index contributed by atoms with van der Waals surface area (Å²) < 4.78 is 5.53. The summed E-state index contributed by atoms with van der Waals surface area (Å²) >= 11 is 0. The van der Waals surface area contributed by atoms with Crippen molar-refractivity contribution in [3.05, 3.63) is 0 Å². The zero-order chi connectivity index (χ0) is 11.4. The molecule has 4 nitrogen and oxygen atoms in total. The van der Waals surface area contributed by atoms with Crippen LogP contribution in [0.25, 0.3) is 0 Å². The van der Waals surface area contributed by atoms with Crippen LogP contribution in [-0.2, 0) is 9.53 Å². The summed E-state index contributed by atoms with van der Waals surface area (Å²) in [6, 6.07) is 2.15. The smallest absolute Gasteiger partial charge is 0.240 e. The maximum Gasteiger partial charge on any atom is 0.240 e. The molecule has 1 unspecified atom stereocenters. The lowest BCUT2D eigenvalue weighted by molar-refractivity contribution is -0.132. The van der Waals surface area contributed by atoms with Gasteiger partial charge in [-0.05, 0) is 38.5 Å². The van der Waals surface area contributed by atoms with Gasteiger partial charge >= 0.3 is 0 Å². The number of amides is 1. The second kappa shape index (κ2) is 4.84. The van der Waals surface area contributed by atoms with E-state index in [0.29, 0.717) is 19.4 Å². The van der Waals surface area contributed by atoms with Crippen molar-refractivity contribution in [3.8, 4) is 6.07 Å². The molecule has 1 heterocycles.